The summed E-state index contributed by atoms with van der Waals surface area (Å²) in [6.07, 6.45) is 14.5. The van der Waals surface area contributed by atoms with Gasteiger partial charge < -0.3 is 9.47 Å². The Morgan fingerprint density at radius 1 is 1.29 bits per heavy atom. The van der Waals surface area contributed by atoms with Crippen LogP contribution in [0.4, 0.5) is 0 Å². The Kier molecular flexibility index (Phi) is 6.79. The molecule has 0 N–H and O–H groups in total. The average Bonchev–Trinajstić information content (AvgIpc) is 2.66. The van der Waals surface area contributed by atoms with E-state index in [4.69, 9.17) is 9.47 Å². The third kappa shape index (κ3) is 4.76. The molecule has 0 saturated carbocycles. The van der Waals surface area contributed by atoms with Gasteiger partial charge in [-0.2, -0.15) is 0 Å². The lowest BCUT2D eigenvalue weighted by Crippen LogP contribution is -2.41. The number of cyclic esters (lactones) is 1. The minimum atomic E-state index is -0.236. The Labute approximate surface area is 169 Å². The van der Waals surface area contributed by atoms with E-state index in [1.165, 1.54) is 11.6 Å². The summed E-state index contributed by atoms with van der Waals surface area (Å²) in [5.74, 6) is 1.07. The molecule has 0 saturated heterocycles. The second-order valence-electron chi connectivity index (χ2n) is 8.85. The minimum absolute atomic E-state index is 0.0355. The molecular formula is C24H34O4. The smallest absolute Gasteiger partial charge is 0.330 e. The van der Waals surface area contributed by atoms with E-state index in [1.54, 1.807) is 0 Å². The van der Waals surface area contributed by atoms with Crippen molar-refractivity contribution in [3.63, 3.8) is 0 Å². The SMILES string of the molecule is CCC(C)C(=O)OC1CC(C)C=C2C=CC(C)C(CCC3CC=CC(=O)O3)C21. The second-order valence-corrected chi connectivity index (χ2v) is 8.85. The lowest BCUT2D eigenvalue weighted by atomic mass is 9.65. The predicted octanol–water partition coefficient (Wildman–Crippen LogP) is 5.00. The maximum Gasteiger partial charge on any atom is 0.330 e. The first-order valence-corrected chi connectivity index (χ1v) is 10.9. The molecule has 2 aliphatic carbocycles. The molecule has 7 atom stereocenters. The zero-order valence-corrected chi connectivity index (χ0v) is 17.6. The number of fused-ring (bicyclic) bond motifs is 1. The fraction of sp³-hybridized carbons (Fsp3) is 0.667. The summed E-state index contributed by atoms with van der Waals surface area (Å²) in [6.45, 7) is 8.41. The van der Waals surface area contributed by atoms with Crippen LogP contribution >= 0.6 is 0 Å². The molecule has 28 heavy (non-hydrogen) atoms. The minimum Gasteiger partial charge on any atom is -0.461 e. The fourth-order valence-corrected chi connectivity index (χ4v) is 4.78. The van der Waals surface area contributed by atoms with Crippen molar-refractivity contribution in [1.82, 2.24) is 0 Å². The van der Waals surface area contributed by atoms with Gasteiger partial charge in [0.1, 0.15) is 12.2 Å². The molecule has 0 fully saturated rings. The van der Waals surface area contributed by atoms with Gasteiger partial charge >= 0.3 is 11.9 Å². The summed E-state index contributed by atoms with van der Waals surface area (Å²) < 4.78 is 11.5. The summed E-state index contributed by atoms with van der Waals surface area (Å²) in [5, 5.41) is 0. The molecule has 0 amide bonds. The first-order valence-electron chi connectivity index (χ1n) is 10.9. The topological polar surface area (TPSA) is 52.6 Å². The summed E-state index contributed by atoms with van der Waals surface area (Å²) in [7, 11) is 0. The van der Waals surface area contributed by atoms with Crippen molar-refractivity contribution in [2.45, 2.75) is 72.0 Å². The van der Waals surface area contributed by atoms with E-state index in [-0.39, 0.29) is 36.0 Å². The first kappa shape index (κ1) is 20.9. The first-order chi connectivity index (χ1) is 13.4. The molecule has 1 heterocycles. The van der Waals surface area contributed by atoms with Crippen molar-refractivity contribution in [3.05, 3.63) is 36.0 Å². The molecule has 3 rings (SSSR count). The molecule has 4 nitrogen and oxygen atoms in total. The molecule has 1 aliphatic heterocycles. The van der Waals surface area contributed by atoms with Crippen molar-refractivity contribution in [3.8, 4) is 0 Å². The van der Waals surface area contributed by atoms with Crippen LogP contribution in [0.3, 0.4) is 0 Å². The number of hydrogen-bond acceptors (Lipinski definition) is 4. The van der Waals surface area contributed by atoms with Crippen molar-refractivity contribution in [1.29, 1.82) is 0 Å². The summed E-state index contributed by atoms with van der Waals surface area (Å²) in [6, 6.07) is 0. The van der Waals surface area contributed by atoms with Crippen LogP contribution in [0.15, 0.2) is 36.0 Å². The van der Waals surface area contributed by atoms with E-state index in [9.17, 15) is 9.59 Å². The Morgan fingerprint density at radius 2 is 2.07 bits per heavy atom. The van der Waals surface area contributed by atoms with E-state index < -0.39 is 0 Å². The van der Waals surface area contributed by atoms with Gasteiger partial charge in [0.05, 0.1) is 5.92 Å². The standard InChI is InChI=1S/C24H34O4/c1-5-16(3)24(26)28-21-14-15(2)13-18-10-9-17(4)20(23(18)21)12-11-19-7-6-8-22(25)27-19/h6,8-10,13,15-17,19-21,23H,5,7,11-12,14H2,1-4H3. The zero-order chi connectivity index (χ0) is 20.3. The molecule has 154 valence electrons. The number of hydrogen-bond donors (Lipinski definition) is 0. The highest BCUT2D eigenvalue weighted by Gasteiger charge is 2.41. The number of rotatable bonds is 6. The van der Waals surface area contributed by atoms with Crippen LogP contribution in [0.1, 0.15) is 59.8 Å². The van der Waals surface area contributed by atoms with Gasteiger partial charge in [-0.1, -0.05) is 52.0 Å². The molecule has 0 radical (unpaired) electrons. The highest BCUT2D eigenvalue weighted by atomic mass is 16.5. The number of esters is 2. The van der Waals surface area contributed by atoms with Crippen molar-refractivity contribution in [2.24, 2.45) is 29.6 Å². The Bertz CT molecular complexity index is 674. The molecule has 3 aliphatic rings. The maximum absolute atomic E-state index is 12.5. The quantitative estimate of drug-likeness (QED) is 0.603. The molecule has 0 aromatic rings. The molecule has 0 aromatic heterocycles. The molecule has 7 unspecified atom stereocenters. The highest BCUT2D eigenvalue weighted by molar-refractivity contribution is 5.82. The number of carbonyl (C=O) groups excluding carboxylic acids is 2. The van der Waals surface area contributed by atoms with Crippen LogP contribution in [0, 0.1) is 29.6 Å². The highest BCUT2D eigenvalue weighted by Crippen LogP contribution is 2.45. The van der Waals surface area contributed by atoms with Gasteiger partial charge in [-0.05, 0) is 49.0 Å². The van der Waals surface area contributed by atoms with Crippen LogP contribution in [0.2, 0.25) is 0 Å². The van der Waals surface area contributed by atoms with E-state index in [2.05, 4.69) is 32.1 Å². The molecule has 0 bridgehead atoms. The van der Waals surface area contributed by atoms with Crippen LogP contribution in [0.5, 0.6) is 0 Å². The Balaban J connectivity index is 1.75. The Morgan fingerprint density at radius 3 is 2.79 bits per heavy atom. The molecule has 0 spiro atoms. The predicted molar refractivity (Wildman–Crippen MR) is 109 cm³/mol. The average molecular weight is 387 g/mol. The zero-order valence-electron chi connectivity index (χ0n) is 17.6. The van der Waals surface area contributed by atoms with E-state index in [0.29, 0.717) is 17.8 Å². The van der Waals surface area contributed by atoms with E-state index in [0.717, 1.165) is 32.1 Å². The Hall–Kier alpha value is -1.84. The third-order valence-electron chi connectivity index (χ3n) is 6.64. The van der Waals surface area contributed by atoms with Crippen LogP contribution in [-0.4, -0.2) is 24.1 Å². The summed E-state index contributed by atoms with van der Waals surface area (Å²) in [4.78, 5) is 24.1. The van der Waals surface area contributed by atoms with Crippen molar-refractivity contribution < 1.29 is 19.1 Å². The van der Waals surface area contributed by atoms with E-state index in [1.807, 2.05) is 19.9 Å². The molecule has 0 aromatic carbocycles. The monoisotopic (exact) mass is 386 g/mol. The lowest BCUT2D eigenvalue weighted by molar-refractivity contribution is -0.158. The number of ether oxygens (including phenoxy) is 2. The van der Waals surface area contributed by atoms with Gasteiger partial charge in [0.2, 0.25) is 0 Å². The lowest BCUT2D eigenvalue weighted by Gasteiger charge is -2.43. The summed E-state index contributed by atoms with van der Waals surface area (Å²) >= 11 is 0. The van der Waals surface area contributed by atoms with Crippen molar-refractivity contribution in [2.75, 3.05) is 0 Å². The van der Waals surface area contributed by atoms with Gasteiger partial charge in [-0.15, -0.1) is 0 Å². The third-order valence-corrected chi connectivity index (χ3v) is 6.64. The summed E-state index contributed by atoms with van der Waals surface area (Å²) in [5.41, 5.74) is 1.31. The van der Waals surface area contributed by atoms with Crippen LogP contribution in [-0.2, 0) is 19.1 Å². The van der Waals surface area contributed by atoms with E-state index >= 15 is 0 Å². The normalized spacial score (nSPS) is 35.6. The maximum atomic E-state index is 12.5. The molecule has 4 heteroatoms. The van der Waals surface area contributed by atoms with Gasteiger partial charge in [0, 0.05) is 18.4 Å². The second kappa shape index (κ2) is 9.11. The van der Waals surface area contributed by atoms with Crippen LogP contribution < -0.4 is 0 Å². The van der Waals surface area contributed by atoms with Gasteiger partial charge in [-0.25, -0.2) is 4.79 Å². The fourth-order valence-electron chi connectivity index (χ4n) is 4.78. The van der Waals surface area contributed by atoms with Gasteiger partial charge in [0.15, 0.2) is 0 Å². The number of allylic oxidation sites excluding steroid dienone is 3. The van der Waals surface area contributed by atoms with Crippen LogP contribution in [0.25, 0.3) is 0 Å². The van der Waals surface area contributed by atoms with Gasteiger partial charge in [0.25, 0.3) is 0 Å². The largest absolute Gasteiger partial charge is 0.461 e. The van der Waals surface area contributed by atoms with Crippen molar-refractivity contribution >= 4 is 11.9 Å². The van der Waals surface area contributed by atoms with Gasteiger partial charge in [-0.3, -0.25) is 4.79 Å². The molecular weight excluding hydrogens is 352 g/mol. The number of carbonyl (C=O) groups is 2.